The number of H-pyrrole nitrogens is 1. The van der Waals surface area contributed by atoms with Crippen molar-refractivity contribution in [1.82, 2.24) is 10.3 Å². The maximum absolute atomic E-state index is 8.15. The van der Waals surface area contributed by atoms with Crippen molar-refractivity contribution in [3.8, 4) is 0 Å². The summed E-state index contributed by atoms with van der Waals surface area (Å²) < 4.78 is 2.08. The monoisotopic (exact) mass is 272 g/mol. The van der Waals surface area contributed by atoms with Crippen molar-refractivity contribution in [3.63, 3.8) is 0 Å². The first kappa shape index (κ1) is 14.3. The number of rotatable bonds is 4. The molecule has 0 fully saturated rings. The molecule has 0 amide bonds. The first-order chi connectivity index (χ1) is 8.27. The lowest BCUT2D eigenvalue weighted by molar-refractivity contribution is 0.267. The smallest absolute Gasteiger partial charge is 0.159 e. The zero-order chi connectivity index (χ0) is 12.5. The minimum atomic E-state index is 0.139. The average molecular weight is 272 g/mol. The van der Waals surface area contributed by atoms with E-state index in [9.17, 15) is 0 Å². The first-order valence-electron chi connectivity index (χ1n) is 5.28. The molecule has 0 unspecified atom stereocenters. The molecule has 0 aliphatic carbocycles. The van der Waals surface area contributed by atoms with Crippen molar-refractivity contribution in [2.24, 2.45) is 0 Å². The molecule has 0 bridgehead atoms. The molecular weight excluding hydrogens is 256 g/mol. The Hall–Kier alpha value is -0.790. The average Bonchev–Trinajstić information content (AvgIpc) is 2.70. The highest BCUT2D eigenvalue weighted by Gasteiger charge is 1.91. The molecule has 4 N–H and O–H groups in total. The molecule has 1 aromatic heterocycles. The molecule has 0 spiro atoms. The van der Waals surface area contributed by atoms with Crippen molar-refractivity contribution < 1.29 is 10.2 Å². The van der Waals surface area contributed by atoms with Crippen LogP contribution in [0.25, 0.3) is 10.2 Å². The first-order valence-corrected chi connectivity index (χ1v) is 6.50. The van der Waals surface area contributed by atoms with Gasteiger partial charge in [0, 0.05) is 13.1 Å². The molecule has 0 aliphatic rings. The van der Waals surface area contributed by atoms with Gasteiger partial charge in [-0.25, -0.2) is 0 Å². The van der Waals surface area contributed by atoms with E-state index in [0.717, 1.165) is 9.47 Å². The number of para-hydroxylation sites is 1. The van der Waals surface area contributed by atoms with Crippen molar-refractivity contribution in [1.29, 1.82) is 0 Å². The number of hydrogen-bond donors (Lipinski definition) is 4. The summed E-state index contributed by atoms with van der Waals surface area (Å²) in [5.41, 5.74) is 1.14. The molecule has 2 rings (SSSR count). The molecule has 6 heteroatoms. The van der Waals surface area contributed by atoms with Crippen LogP contribution in [-0.4, -0.2) is 41.5 Å². The molecule has 0 aliphatic heterocycles. The third kappa shape index (κ3) is 5.38. The SMILES string of the molecule is OCCNCCO.S=c1[nH]c2ccccc2s1. The number of aromatic amines is 1. The van der Waals surface area contributed by atoms with Crippen molar-refractivity contribution in [3.05, 3.63) is 28.2 Å². The largest absolute Gasteiger partial charge is 0.395 e. The fourth-order valence-electron chi connectivity index (χ4n) is 1.18. The normalized spacial score (nSPS) is 10.0. The number of benzene rings is 1. The van der Waals surface area contributed by atoms with E-state index in [1.807, 2.05) is 18.2 Å². The van der Waals surface area contributed by atoms with Crippen LogP contribution in [0.1, 0.15) is 0 Å². The summed E-state index contributed by atoms with van der Waals surface area (Å²) in [6, 6.07) is 8.11. The van der Waals surface area contributed by atoms with E-state index in [0.29, 0.717) is 13.1 Å². The van der Waals surface area contributed by atoms with Gasteiger partial charge in [0.2, 0.25) is 0 Å². The Morgan fingerprint density at radius 1 is 1.18 bits per heavy atom. The topological polar surface area (TPSA) is 68.3 Å². The van der Waals surface area contributed by atoms with Crippen LogP contribution < -0.4 is 5.32 Å². The van der Waals surface area contributed by atoms with E-state index in [1.165, 1.54) is 4.70 Å². The van der Waals surface area contributed by atoms with Crippen molar-refractivity contribution in [2.75, 3.05) is 26.3 Å². The number of nitrogens with one attached hydrogen (secondary N) is 2. The van der Waals surface area contributed by atoms with E-state index in [-0.39, 0.29) is 13.2 Å². The Morgan fingerprint density at radius 2 is 1.82 bits per heavy atom. The summed E-state index contributed by atoms with van der Waals surface area (Å²) in [4.78, 5) is 3.09. The summed E-state index contributed by atoms with van der Waals surface area (Å²) in [6.45, 7) is 1.42. The number of hydrogen-bond acceptors (Lipinski definition) is 5. The lowest BCUT2D eigenvalue weighted by Crippen LogP contribution is -2.21. The van der Waals surface area contributed by atoms with Crippen LogP contribution in [-0.2, 0) is 0 Å². The fraction of sp³-hybridized carbons (Fsp3) is 0.364. The number of thiazole rings is 1. The predicted molar refractivity (Wildman–Crippen MR) is 74.1 cm³/mol. The van der Waals surface area contributed by atoms with Gasteiger partial charge in [-0.05, 0) is 24.4 Å². The van der Waals surface area contributed by atoms with Gasteiger partial charge in [-0.15, -0.1) is 11.3 Å². The Labute approximate surface area is 109 Å². The van der Waals surface area contributed by atoms with Crippen LogP contribution in [0.15, 0.2) is 24.3 Å². The summed E-state index contributed by atoms with van der Waals surface area (Å²) in [6.07, 6.45) is 0. The quantitative estimate of drug-likeness (QED) is 0.503. The molecule has 17 heavy (non-hydrogen) atoms. The molecule has 2 aromatic rings. The third-order valence-electron chi connectivity index (χ3n) is 1.90. The lowest BCUT2D eigenvalue weighted by Gasteiger charge is -1.94. The molecule has 1 heterocycles. The molecule has 0 atom stereocenters. The number of aliphatic hydroxyl groups is 2. The summed E-state index contributed by atoms with van der Waals surface area (Å²) in [7, 11) is 0. The number of aliphatic hydroxyl groups excluding tert-OH is 2. The fourth-order valence-corrected chi connectivity index (χ4v) is 2.29. The van der Waals surface area contributed by atoms with E-state index < -0.39 is 0 Å². The van der Waals surface area contributed by atoms with Gasteiger partial charge >= 0.3 is 0 Å². The second kappa shape index (κ2) is 8.32. The van der Waals surface area contributed by atoms with Crippen LogP contribution >= 0.6 is 23.6 Å². The minimum Gasteiger partial charge on any atom is -0.395 e. The Balaban J connectivity index is 0.000000185. The number of aromatic nitrogens is 1. The highest BCUT2D eigenvalue weighted by atomic mass is 32.1. The third-order valence-corrected chi connectivity index (χ3v) is 3.12. The zero-order valence-corrected chi connectivity index (χ0v) is 11.0. The summed E-state index contributed by atoms with van der Waals surface area (Å²) in [5.74, 6) is 0. The maximum Gasteiger partial charge on any atom is 0.159 e. The summed E-state index contributed by atoms with van der Waals surface area (Å²) in [5, 5.41) is 19.1. The molecule has 0 saturated carbocycles. The minimum absolute atomic E-state index is 0.139. The standard InChI is InChI=1S/C7H5NS2.C4H11NO2/c9-7-8-5-3-1-2-4-6(5)10-7;6-3-1-5-2-4-7/h1-4H,(H,8,9);5-7H,1-4H2. The second-order valence-corrected chi connectivity index (χ2v) is 4.93. The van der Waals surface area contributed by atoms with Gasteiger partial charge in [0.25, 0.3) is 0 Å². The Bertz CT molecular complexity index is 441. The molecule has 4 nitrogen and oxygen atoms in total. The van der Waals surface area contributed by atoms with Crippen LogP contribution in [0.5, 0.6) is 0 Å². The van der Waals surface area contributed by atoms with Gasteiger partial charge in [0.1, 0.15) is 0 Å². The summed E-state index contributed by atoms with van der Waals surface area (Å²) >= 11 is 6.59. The molecule has 0 saturated heterocycles. The van der Waals surface area contributed by atoms with Gasteiger partial charge in [0.15, 0.2) is 3.95 Å². The molecule has 94 valence electrons. The zero-order valence-electron chi connectivity index (χ0n) is 9.35. The number of fused-ring (bicyclic) bond motifs is 1. The Kier molecular flexibility index (Phi) is 6.99. The Morgan fingerprint density at radius 3 is 2.41 bits per heavy atom. The van der Waals surface area contributed by atoms with Crippen LogP contribution in [0.3, 0.4) is 0 Å². The second-order valence-electron chi connectivity index (χ2n) is 3.21. The van der Waals surface area contributed by atoms with Gasteiger partial charge in [-0.1, -0.05) is 12.1 Å². The van der Waals surface area contributed by atoms with Crippen LogP contribution in [0.4, 0.5) is 0 Å². The molecule has 0 radical (unpaired) electrons. The van der Waals surface area contributed by atoms with Gasteiger partial charge in [-0.2, -0.15) is 0 Å². The van der Waals surface area contributed by atoms with E-state index in [1.54, 1.807) is 11.3 Å². The van der Waals surface area contributed by atoms with Crippen molar-refractivity contribution >= 4 is 33.8 Å². The molecule has 1 aromatic carbocycles. The highest BCUT2D eigenvalue weighted by Crippen LogP contribution is 2.17. The van der Waals surface area contributed by atoms with E-state index >= 15 is 0 Å². The van der Waals surface area contributed by atoms with Crippen LogP contribution in [0, 0.1) is 3.95 Å². The van der Waals surface area contributed by atoms with Gasteiger partial charge in [0.05, 0.1) is 23.4 Å². The van der Waals surface area contributed by atoms with E-state index in [4.69, 9.17) is 22.4 Å². The predicted octanol–water partition coefficient (Wildman–Crippen LogP) is 1.52. The maximum atomic E-state index is 8.15. The van der Waals surface area contributed by atoms with Gasteiger partial charge in [-0.3, -0.25) is 0 Å². The van der Waals surface area contributed by atoms with Crippen LogP contribution in [0.2, 0.25) is 0 Å². The lowest BCUT2D eigenvalue weighted by atomic mass is 10.3. The van der Waals surface area contributed by atoms with Gasteiger partial charge < -0.3 is 20.5 Å². The van der Waals surface area contributed by atoms with Crippen molar-refractivity contribution in [2.45, 2.75) is 0 Å². The molecular formula is C11H16N2O2S2. The highest BCUT2D eigenvalue weighted by molar-refractivity contribution is 7.73. The van der Waals surface area contributed by atoms with E-state index in [2.05, 4.69) is 16.4 Å².